The normalized spacial score (nSPS) is 20.8. The first-order valence-corrected chi connectivity index (χ1v) is 7.41. The van der Waals surface area contributed by atoms with Crippen LogP contribution < -0.4 is 10.2 Å². The van der Waals surface area contributed by atoms with Crippen LogP contribution in [0.2, 0.25) is 0 Å². The Morgan fingerprint density at radius 3 is 3.11 bits per heavy atom. The maximum absolute atomic E-state index is 4.54. The van der Waals surface area contributed by atoms with Crippen molar-refractivity contribution < 1.29 is 0 Å². The van der Waals surface area contributed by atoms with Crippen LogP contribution in [0.1, 0.15) is 19.3 Å². The zero-order valence-electron chi connectivity index (χ0n) is 10.7. The molecule has 4 heteroatoms. The van der Waals surface area contributed by atoms with Crippen LogP contribution in [0.15, 0.2) is 24.3 Å². The molecule has 0 aliphatic carbocycles. The average molecular weight is 261 g/mol. The molecule has 3 rings (SSSR count). The Hall–Kier alpha value is -1.13. The molecule has 0 bridgehead atoms. The van der Waals surface area contributed by atoms with Gasteiger partial charge in [-0.05, 0) is 56.0 Å². The molecule has 1 aromatic carbocycles. The third kappa shape index (κ3) is 2.22. The van der Waals surface area contributed by atoms with Crippen molar-refractivity contribution in [3.8, 4) is 0 Å². The molecule has 0 amide bonds. The molecule has 96 valence electrons. The van der Waals surface area contributed by atoms with E-state index < -0.39 is 0 Å². The summed E-state index contributed by atoms with van der Waals surface area (Å²) in [4.78, 5) is 2.44. The molecule has 18 heavy (non-hydrogen) atoms. The lowest BCUT2D eigenvalue weighted by Gasteiger charge is -2.27. The highest BCUT2D eigenvalue weighted by molar-refractivity contribution is 7.11. The number of rotatable bonds is 2. The van der Waals surface area contributed by atoms with Gasteiger partial charge in [-0.25, -0.2) is 0 Å². The number of nitrogens with one attached hydrogen (secondary N) is 1. The van der Waals surface area contributed by atoms with Gasteiger partial charge in [0.2, 0.25) is 0 Å². The Morgan fingerprint density at radius 2 is 2.17 bits per heavy atom. The number of aromatic nitrogens is 1. The fourth-order valence-corrected chi connectivity index (χ4v) is 3.58. The van der Waals surface area contributed by atoms with E-state index in [4.69, 9.17) is 0 Å². The molecule has 2 aromatic rings. The highest BCUT2D eigenvalue weighted by atomic mass is 32.1. The summed E-state index contributed by atoms with van der Waals surface area (Å²) in [5, 5.41) is 6.09. The van der Waals surface area contributed by atoms with E-state index in [0.29, 0.717) is 6.04 Å². The van der Waals surface area contributed by atoms with Crippen molar-refractivity contribution in [2.24, 2.45) is 0 Å². The van der Waals surface area contributed by atoms with Gasteiger partial charge in [-0.3, -0.25) is 0 Å². The van der Waals surface area contributed by atoms with Crippen LogP contribution in [0.25, 0.3) is 10.9 Å². The largest absolute Gasteiger partial charge is 0.362 e. The lowest BCUT2D eigenvalue weighted by Crippen LogP contribution is -2.31. The minimum atomic E-state index is 0.642. The van der Waals surface area contributed by atoms with Gasteiger partial charge in [-0.2, -0.15) is 4.37 Å². The van der Waals surface area contributed by atoms with Gasteiger partial charge in [0.05, 0.1) is 5.52 Å². The smallest absolute Gasteiger partial charge is 0.119 e. The molecule has 1 unspecified atom stereocenters. The van der Waals surface area contributed by atoms with E-state index in [1.807, 2.05) is 0 Å². The van der Waals surface area contributed by atoms with Crippen LogP contribution in [0, 0.1) is 0 Å². The summed E-state index contributed by atoms with van der Waals surface area (Å²) >= 11 is 1.63. The quantitative estimate of drug-likeness (QED) is 0.901. The van der Waals surface area contributed by atoms with Gasteiger partial charge in [-0.1, -0.05) is 12.1 Å². The fourth-order valence-electron chi connectivity index (χ4n) is 2.68. The van der Waals surface area contributed by atoms with Crippen molar-refractivity contribution in [3.63, 3.8) is 0 Å². The molecular weight excluding hydrogens is 242 g/mol. The first-order valence-electron chi connectivity index (χ1n) is 6.64. The van der Waals surface area contributed by atoms with Gasteiger partial charge in [-0.15, -0.1) is 0 Å². The molecule has 1 aliphatic heterocycles. The summed E-state index contributed by atoms with van der Waals surface area (Å²) in [6, 6.07) is 9.07. The lowest BCUT2D eigenvalue weighted by molar-refractivity contribution is 0.570. The number of fused-ring (bicyclic) bond motifs is 1. The van der Waals surface area contributed by atoms with Crippen LogP contribution in [0.5, 0.6) is 0 Å². The molecule has 0 saturated carbocycles. The van der Waals surface area contributed by atoms with Crippen molar-refractivity contribution >= 4 is 27.4 Å². The second-order valence-electron chi connectivity index (χ2n) is 4.95. The van der Waals surface area contributed by atoms with E-state index in [2.05, 4.69) is 45.9 Å². The predicted octanol–water partition coefficient (Wildman–Crippen LogP) is 2.87. The second kappa shape index (κ2) is 5.24. The van der Waals surface area contributed by atoms with E-state index in [-0.39, 0.29) is 0 Å². The number of benzene rings is 1. The Balaban J connectivity index is 1.88. The summed E-state index contributed by atoms with van der Waals surface area (Å²) < 4.78 is 4.54. The van der Waals surface area contributed by atoms with E-state index in [1.165, 1.54) is 29.6 Å². The van der Waals surface area contributed by atoms with E-state index in [1.54, 1.807) is 11.5 Å². The van der Waals surface area contributed by atoms with Crippen molar-refractivity contribution in [1.82, 2.24) is 9.69 Å². The standard InChI is InChI=1S/C14H19N3S/c1-17(11-5-4-9-15-10-8-11)14-12-6-2-3-7-13(12)16-18-14/h2-3,6-7,11,15H,4-5,8-10H2,1H3. The maximum atomic E-state index is 4.54. The zero-order valence-corrected chi connectivity index (χ0v) is 11.5. The van der Waals surface area contributed by atoms with Crippen molar-refractivity contribution in [2.75, 3.05) is 25.0 Å². The highest BCUT2D eigenvalue weighted by Gasteiger charge is 2.20. The third-order valence-corrected chi connectivity index (χ3v) is 4.75. The molecule has 1 aliphatic rings. The van der Waals surface area contributed by atoms with Crippen LogP contribution in [-0.4, -0.2) is 30.6 Å². The van der Waals surface area contributed by atoms with E-state index in [0.717, 1.165) is 18.6 Å². The molecule has 1 atom stereocenters. The van der Waals surface area contributed by atoms with Crippen LogP contribution in [-0.2, 0) is 0 Å². The molecule has 1 fully saturated rings. The number of nitrogens with zero attached hydrogens (tertiary/aromatic N) is 2. The Bertz CT molecular complexity index is 514. The van der Waals surface area contributed by atoms with Gasteiger partial charge < -0.3 is 10.2 Å². The molecule has 3 nitrogen and oxygen atoms in total. The van der Waals surface area contributed by atoms with Crippen LogP contribution in [0.4, 0.5) is 5.00 Å². The van der Waals surface area contributed by atoms with Gasteiger partial charge in [0.15, 0.2) is 0 Å². The number of anilines is 1. The number of hydrogen-bond acceptors (Lipinski definition) is 4. The molecular formula is C14H19N3S. The zero-order chi connectivity index (χ0) is 12.4. The van der Waals surface area contributed by atoms with Crippen molar-refractivity contribution in [2.45, 2.75) is 25.3 Å². The fraction of sp³-hybridized carbons (Fsp3) is 0.500. The highest BCUT2D eigenvalue weighted by Crippen LogP contribution is 2.32. The van der Waals surface area contributed by atoms with E-state index in [9.17, 15) is 0 Å². The number of hydrogen-bond donors (Lipinski definition) is 1. The predicted molar refractivity (Wildman–Crippen MR) is 78.5 cm³/mol. The summed E-state index contributed by atoms with van der Waals surface area (Å²) in [6.45, 7) is 2.29. The van der Waals surface area contributed by atoms with Gasteiger partial charge in [0, 0.05) is 18.5 Å². The minimum Gasteiger partial charge on any atom is -0.362 e. The van der Waals surface area contributed by atoms with Crippen molar-refractivity contribution in [3.05, 3.63) is 24.3 Å². The van der Waals surface area contributed by atoms with Crippen LogP contribution >= 0.6 is 11.5 Å². The van der Waals surface area contributed by atoms with Gasteiger partial charge >= 0.3 is 0 Å². The first-order chi connectivity index (χ1) is 8.86. The lowest BCUT2D eigenvalue weighted by atomic mass is 10.1. The molecule has 0 spiro atoms. The molecule has 1 aromatic heterocycles. The topological polar surface area (TPSA) is 28.2 Å². The summed E-state index contributed by atoms with van der Waals surface area (Å²) in [7, 11) is 2.22. The van der Waals surface area contributed by atoms with Gasteiger partial charge in [0.25, 0.3) is 0 Å². The van der Waals surface area contributed by atoms with Crippen molar-refractivity contribution in [1.29, 1.82) is 0 Å². The SMILES string of the molecule is CN(c1snc2ccccc12)C1CCCNCC1. The Morgan fingerprint density at radius 1 is 1.28 bits per heavy atom. The van der Waals surface area contributed by atoms with Gasteiger partial charge in [0.1, 0.15) is 5.00 Å². The van der Waals surface area contributed by atoms with E-state index >= 15 is 0 Å². The second-order valence-corrected chi connectivity index (χ2v) is 5.70. The van der Waals surface area contributed by atoms with Crippen LogP contribution in [0.3, 0.4) is 0 Å². The minimum absolute atomic E-state index is 0.642. The maximum Gasteiger partial charge on any atom is 0.119 e. The molecule has 1 N–H and O–H groups in total. The molecule has 0 radical (unpaired) electrons. The Labute approximate surface area is 112 Å². The summed E-state index contributed by atoms with van der Waals surface area (Å²) in [5.41, 5.74) is 1.12. The molecule has 2 heterocycles. The Kier molecular flexibility index (Phi) is 3.48. The third-order valence-electron chi connectivity index (χ3n) is 3.78. The summed E-state index contributed by atoms with van der Waals surface area (Å²) in [5.74, 6) is 0. The average Bonchev–Trinajstić information content (AvgIpc) is 2.65. The first kappa shape index (κ1) is 11.9. The molecule has 1 saturated heterocycles. The summed E-state index contributed by atoms with van der Waals surface area (Å²) in [6.07, 6.45) is 3.77. The monoisotopic (exact) mass is 261 g/mol.